The largest absolute Gasteiger partial charge is 0.496 e. The maximum absolute atomic E-state index is 6.41. The van der Waals surface area contributed by atoms with Crippen molar-refractivity contribution in [1.82, 2.24) is 9.55 Å². The summed E-state index contributed by atoms with van der Waals surface area (Å²) >= 11 is 0. The highest BCUT2D eigenvalue weighted by Gasteiger charge is 2.18. The number of ether oxygens (including phenoxy) is 1. The molecule has 1 heterocycles. The van der Waals surface area contributed by atoms with Crippen LogP contribution in [0.3, 0.4) is 0 Å². The van der Waals surface area contributed by atoms with Crippen LogP contribution in [0.2, 0.25) is 0 Å². The molecule has 1 aromatic heterocycles. The molecule has 4 heteroatoms. The van der Waals surface area contributed by atoms with E-state index in [-0.39, 0.29) is 6.04 Å². The molecular weight excluding hydrogens is 262 g/mol. The van der Waals surface area contributed by atoms with Crippen molar-refractivity contribution < 1.29 is 4.74 Å². The van der Waals surface area contributed by atoms with Crippen LogP contribution < -0.4 is 10.5 Å². The van der Waals surface area contributed by atoms with Gasteiger partial charge >= 0.3 is 0 Å². The average Bonchev–Trinajstić information content (AvgIpc) is 3.04. The van der Waals surface area contributed by atoms with Crippen LogP contribution >= 0.6 is 0 Å². The first-order valence-corrected chi connectivity index (χ1v) is 6.78. The zero-order valence-corrected chi connectivity index (χ0v) is 11.8. The van der Waals surface area contributed by atoms with E-state index in [2.05, 4.69) is 4.98 Å². The monoisotopic (exact) mass is 279 g/mol. The highest BCUT2D eigenvalue weighted by molar-refractivity contribution is 5.41. The molecule has 0 aliphatic carbocycles. The van der Waals surface area contributed by atoms with E-state index in [1.165, 1.54) is 0 Å². The maximum Gasteiger partial charge on any atom is 0.134 e. The standard InChI is InChI=1S/C17H17N3O/c1-21-15-10-6-5-9-14(15)16(18)17-19-11-12-20(17)13-7-3-2-4-8-13/h2-12,16H,18H2,1H3. The highest BCUT2D eigenvalue weighted by Crippen LogP contribution is 2.28. The second-order valence-electron chi connectivity index (χ2n) is 4.71. The van der Waals surface area contributed by atoms with Gasteiger partial charge in [-0.3, -0.25) is 0 Å². The van der Waals surface area contributed by atoms with Gasteiger partial charge in [0.05, 0.1) is 13.2 Å². The van der Waals surface area contributed by atoms with E-state index in [0.717, 1.165) is 22.8 Å². The van der Waals surface area contributed by atoms with E-state index in [1.54, 1.807) is 13.3 Å². The van der Waals surface area contributed by atoms with Crippen molar-refractivity contribution in [2.24, 2.45) is 5.73 Å². The van der Waals surface area contributed by atoms with Crippen molar-refractivity contribution in [3.05, 3.63) is 78.4 Å². The third-order valence-electron chi connectivity index (χ3n) is 3.46. The Morgan fingerprint density at radius 1 is 1.05 bits per heavy atom. The number of benzene rings is 2. The Balaban J connectivity index is 2.04. The van der Waals surface area contributed by atoms with E-state index in [1.807, 2.05) is 65.4 Å². The van der Waals surface area contributed by atoms with Gasteiger partial charge < -0.3 is 15.0 Å². The van der Waals surface area contributed by atoms with E-state index < -0.39 is 0 Å². The van der Waals surface area contributed by atoms with Crippen LogP contribution in [0.4, 0.5) is 0 Å². The predicted octanol–water partition coefficient (Wildman–Crippen LogP) is 2.93. The van der Waals surface area contributed by atoms with E-state index in [0.29, 0.717) is 0 Å². The zero-order valence-electron chi connectivity index (χ0n) is 11.8. The Labute approximate surface area is 123 Å². The van der Waals surface area contributed by atoms with Crippen LogP contribution in [0.25, 0.3) is 5.69 Å². The normalized spacial score (nSPS) is 12.1. The number of aromatic nitrogens is 2. The Hall–Kier alpha value is -2.59. The lowest BCUT2D eigenvalue weighted by Crippen LogP contribution is -2.18. The Bertz CT molecular complexity index is 722. The first-order valence-electron chi connectivity index (χ1n) is 6.78. The molecule has 21 heavy (non-hydrogen) atoms. The van der Waals surface area contributed by atoms with Crippen molar-refractivity contribution in [2.45, 2.75) is 6.04 Å². The lowest BCUT2D eigenvalue weighted by atomic mass is 10.1. The molecule has 0 saturated carbocycles. The van der Waals surface area contributed by atoms with Crippen LogP contribution in [0.5, 0.6) is 5.75 Å². The predicted molar refractivity (Wildman–Crippen MR) is 82.6 cm³/mol. The minimum atomic E-state index is -0.351. The van der Waals surface area contributed by atoms with Gasteiger partial charge in [-0.2, -0.15) is 0 Å². The van der Waals surface area contributed by atoms with Crippen LogP contribution in [-0.2, 0) is 0 Å². The van der Waals surface area contributed by atoms with Crippen molar-refractivity contribution >= 4 is 0 Å². The summed E-state index contributed by atoms with van der Waals surface area (Å²) in [5, 5.41) is 0. The second kappa shape index (κ2) is 5.81. The van der Waals surface area contributed by atoms with Crippen LogP contribution in [0.1, 0.15) is 17.4 Å². The Morgan fingerprint density at radius 3 is 2.52 bits per heavy atom. The number of hydrogen-bond donors (Lipinski definition) is 1. The van der Waals surface area contributed by atoms with Gasteiger partial charge in [0, 0.05) is 23.6 Å². The fourth-order valence-corrected chi connectivity index (χ4v) is 2.41. The third-order valence-corrected chi connectivity index (χ3v) is 3.46. The topological polar surface area (TPSA) is 53.1 Å². The lowest BCUT2D eigenvalue weighted by molar-refractivity contribution is 0.407. The molecule has 0 aliphatic heterocycles. The fraction of sp³-hybridized carbons (Fsp3) is 0.118. The average molecular weight is 279 g/mol. The number of imidazole rings is 1. The van der Waals surface area contributed by atoms with E-state index >= 15 is 0 Å². The summed E-state index contributed by atoms with van der Waals surface area (Å²) < 4.78 is 7.39. The molecule has 0 fully saturated rings. The van der Waals surface area contributed by atoms with Gasteiger partial charge in [0.25, 0.3) is 0 Å². The summed E-state index contributed by atoms with van der Waals surface area (Å²) in [6, 6.07) is 17.4. The van der Waals surface area contributed by atoms with Crippen molar-refractivity contribution in [3.8, 4) is 11.4 Å². The lowest BCUT2D eigenvalue weighted by Gasteiger charge is -2.17. The van der Waals surface area contributed by atoms with Gasteiger partial charge in [-0.1, -0.05) is 36.4 Å². The molecule has 0 amide bonds. The molecule has 0 aliphatic rings. The van der Waals surface area contributed by atoms with Gasteiger partial charge in [-0.25, -0.2) is 4.98 Å². The summed E-state index contributed by atoms with van der Waals surface area (Å²) in [6.45, 7) is 0. The fourth-order valence-electron chi connectivity index (χ4n) is 2.41. The van der Waals surface area contributed by atoms with Crippen molar-refractivity contribution in [3.63, 3.8) is 0 Å². The molecule has 4 nitrogen and oxygen atoms in total. The van der Waals surface area contributed by atoms with Crippen LogP contribution in [-0.4, -0.2) is 16.7 Å². The molecular formula is C17H17N3O. The van der Waals surface area contributed by atoms with Crippen LogP contribution in [0.15, 0.2) is 67.0 Å². The SMILES string of the molecule is COc1ccccc1C(N)c1nccn1-c1ccccc1. The first kappa shape index (κ1) is 13.4. The van der Waals surface area contributed by atoms with Crippen molar-refractivity contribution in [1.29, 1.82) is 0 Å². The zero-order chi connectivity index (χ0) is 14.7. The summed E-state index contributed by atoms with van der Waals surface area (Å²) in [4.78, 5) is 4.43. The van der Waals surface area contributed by atoms with Gasteiger partial charge in [0.15, 0.2) is 0 Å². The highest BCUT2D eigenvalue weighted by atomic mass is 16.5. The molecule has 106 valence electrons. The van der Waals surface area contributed by atoms with Gasteiger partial charge in [-0.15, -0.1) is 0 Å². The summed E-state index contributed by atoms with van der Waals surface area (Å²) in [6.07, 6.45) is 3.68. The molecule has 3 rings (SSSR count). The molecule has 2 aromatic carbocycles. The third kappa shape index (κ3) is 2.53. The Kier molecular flexibility index (Phi) is 3.71. The molecule has 0 bridgehead atoms. The van der Waals surface area contributed by atoms with Gasteiger partial charge in [-0.05, 0) is 18.2 Å². The molecule has 1 unspecified atom stereocenters. The van der Waals surface area contributed by atoms with Crippen LogP contribution in [0, 0.1) is 0 Å². The number of methoxy groups -OCH3 is 1. The molecule has 1 atom stereocenters. The first-order chi connectivity index (χ1) is 10.3. The summed E-state index contributed by atoms with van der Waals surface area (Å²) in [5.74, 6) is 1.55. The second-order valence-corrected chi connectivity index (χ2v) is 4.71. The summed E-state index contributed by atoms with van der Waals surface area (Å²) in [7, 11) is 1.65. The van der Waals surface area contributed by atoms with Gasteiger partial charge in [0.1, 0.15) is 11.6 Å². The molecule has 2 N–H and O–H groups in total. The summed E-state index contributed by atoms with van der Waals surface area (Å²) in [5.41, 5.74) is 8.37. The minimum absolute atomic E-state index is 0.351. The van der Waals surface area contributed by atoms with Gasteiger partial charge in [0.2, 0.25) is 0 Å². The number of nitrogens with zero attached hydrogens (tertiary/aromatic N) is 2. The van der Waals surface area contributed by atoms with E-state index in [9.17, 15) is 0 Å². The van der Waals surface area contributed by atoms with Crippen molar-refractivity contribution in [2.75, 3.05) is 7.11 Å². The Morgan fingerprint density at radius 2 is 1.76 bits per heavy atom. The maximum atomic E-state index is 6.41. The van der Waals surface area contributed by atoms with E-state index in [4.69, 9.17) is 10.5 Å². The number of nitrogens with two attached hydrogens (primary N) is 1. The minimum Gasteiger partial charge on any atom is -0.496 e. The molecule has 3 aromatic rings. The number of hydrogen-bond acceptors (Lipinski definition) is 3. The number of rotatable bonds is 4. The number of para-hydroxylation sites is 2. The smallest absolute Gasteiger partial charge is 0.134 e. The molecule has 0 spiro atoms. The quantitative estimate of drug-likeness (QED) is 0.799. The molecule has 0 saturated heterocycles. The molecule has 0 radical (unpaired) electrons.